The van der Waals surface area contributed by atoms with Gasteiger partial charge in [0.25, 0.3) is 10.0 Å². The quantitative estimate of drug-likeness (QED) is 0.177. The highest BCUT2D eigenvalue weighted by molar-refractivity contribution is 7.92. The van der Waals surface area contributed by atoms with Gasteiger partial charge in [-0.05, 0) is 41.3 Å². The molecule has 0 atom stereocenters. The van der Waals surface area contributed by atoms with Crippen molar-refractivity contribution < 1.29 is 22.6 Å². The van der Waals surface area contributed by atoms with E-state index >= 15 is 0 Å². The van der Waals surface area contributed by atoms with Gasteiger partial charge in [0, 0.05) is 17.7 Å². The number of benzene rings is 2. The Morgan fingerprint density at radius 3 is 2.19 bits per heavy atom. The summed E-state index contributed by atoms with van der Waals surface area (Å²) in [6.45, 7) is 6.15. The van der Waals surface area contributed by atoms with E-state index in [1.165, 1.54) is 25.6 Å². The van der Waals surface area contributed by atoms with E-state index in [1.807, 2.05) is 0 Å². The lowest BCUT2D eigenvalue weighted by atomic mass is 9.87. The second-order valence-electron chi connectivity index (χ2n) is 9.25. The Hall–Kier alpha value is -3.82. The first kappa shape index (κ1) is 26.2. The molecule has 37 heavy (non-hydrogen) atoms. The highest BCUT2D eigenvalue weighted by Gasteiger charge is 2.23. The number of pyridine rings is 2. The molecule has 192 valence electrons. The van der Waals surface area contributed by atoms with E-state index < -0.39 is 10.0 Å². The molecule has 4 rings (SSSR count). The summed E-state index contributed by atoms with van der Waals surface area (Å²) in [5.74, 6) is 0.750. The van der Waals surface area contributed by atoms with Gasteiger partial charge in [0.05, 0.1) is 23.4 Å². The first-order chi connectivity index (χ1) is 17.5. The fourth-order valence-electron chi connectivity index (χ4n) is 3.56. The molecule has 0 aliphatic carbocycles. The van der Waals surface area contributed by atoms with Crippen molar-refractivity contribution >= 4 is 27.3 Å². The first-order valence-electron chi connectivity index (χ1n) is 11.3. The molecule has 2 aromatic heterocycles. The van der Waals surface area contributed by atoms with Crippen LogP contribution in [0.4, 0.5) is 5.69 Å². The van der Waals surface area contributed by atoms with Gasteiger partial charge in [-0.1, -0.05) is 56.6 Å². The number of para-hydroxylation sites is 2. The molecule has 0 radical (unpaired) electrons. The molecule has 0 bridgehead atoms. The second kappa shape index (κ2) is 10.3. The monoisotopic (exact) mass is 539 g/mol. The van der Waals surface area contributed by atoms with Crippen LogP contribution in [0.3, 0.4) is 0 Å². The normalized spacial score (nSPS) is 11.7. The van der Waals surface area contributed by atoms with Crippen molar-refractivity contribution in [3.05, 3.63) is 95.0 Å². The number of halogens is 1. The molecule has 0 saturated carbocycles. The average Bonchev–Trinajstić information content (AvgIpc) is 2.86. The minimum Gasteiger partial charge on any atom is -0.619 e. The van der Waals surface area contributed by atoms with Crippen LogP contribution in [-0.4, -0.2) is 20.5 Å². The Morgan fingerprint density at radius 2 is 1.59 bits per heavy atom. The van der Waals surface area contributed by atoms with Crippen molar-refractivity contribution in [2.75, 3.05) is 11.8 Å². The molecule has 1 N–H and O–H groups in total. The maximum absolute atomic E-state index is 13.4. The second-order valence-corrected chi connectivity index (χ2v) is 11.3. The average molecular weight is 540 g/mol. The predicted molar refractivity (Wildman–Crippen MR) is 143 cm³/mol. The van der Waals surface area contributed by atoms with Crippen molar-refractivity contribution in [1.29, 1.82) is 0 Å². The number of hydrogen-bond donors (Lipinski definition) is 1. The van der Waals surface area contributed by atoms with E-state index in [2.05, 4.69) is 30.5 Å². The fourth-order valence-corrected chi connectivity index (χ4v) is 4.84. The Balaban J connectivity index is 1.80. The molecule has 0 spiro atoms. The van der Waals surface area contributed by atoms with Crippen LogP contribution in [0.25, 0.3) is 11.3 Å². The lowest BCUT2D eigenvalue weighted by Crippen LogP contribution is -2.23. The van der Waals surface area contributed by atoms with E-state index in [1.54, 1.807) is 60.7 Å². The van der Waals surface area contributed by atoms with Crippen LogP contribution in [0.1, 0.15) is 26.3 Å². The maximum atomic E-state index is 13.4. The van der Waals surface area contributed by atoms with Crippen LogP contribution in [0.15, 0.2) is 84.0 Å². The molecule has 0 amide bonds. The third-order valence-corrected chi connectivity index (χ3v) is 7.22. The number of sulfonamides is 1. The van der Waals surface area contributed by atoms with Crippen molar-refractivity contribution in [3.8, 4) is 28.5 Å². The molecule has 0 unspecified atom stereocenters. The van der Waals surface area contributed by atoms with E-state index in [-0.39, 0.29) is 26.9 Å². The SMILES string of the molecule is COc1ccccc1Oc1c(NS(=O)(=O)c2ccc(C(C)(C)C)cc2)cc(-c2cc[n+]([O-])cc2)nc1Cl. The van der Waals surface area contributed by atoms with Gasteiger partial charge in [-0.25, -0.2) is 13.4 Å². The molecule has 0 aliphatic rings. The van der Waals surface area contributed by atoms with Gasteiger partial charge in [-0.3, -0.25) is 4.72 Å². The van der Waals surface area contributed by atoms with Gasteiger partial charge in [-0.2, -0.15) is 4.73 Å². The Labute approximate surface area is 221 Å². The van der Waals surface area contributed by atoms with Crippen molar-refractivity contribution in [2.24, 2.45) is 0 Å². The molecular weight excluding hydrogens is 514 g/mol. The lowest BCUT2D eigenvalue weighted by molar-refractivity contribution is -0.605. The number of aromatic nitrogens is 2. The lowest BCUT2D eigenvalue weighted by Gasteiger charge is -2.20. The smallest absolute Gasteiger partial charge is 0.262 e. The van der Waals surface area contributed by atoms with Gasteiger partial charge in [0.1, 0.15) is 0 Å². The third kappa shape index (κ3) is 5.95. The minimum atomic E-state index is -4.03. The van der Waals surface area contributed by atoms with E-state index in [0.717, 1.165) is 5.56 Å². The van der Waals surface area contributed by atoms with E-state index in [9.17, 15) is 13.6 Å². The van der Waals surface area contributed by atoms with Crippen molar-refractivity contribution in [2.45, 2.75) is 31.1 Å². The van der Waals surface area contributed by atoms with Crippen LogP contribution in [0.5, 0.6) is 17.2 Å². The zero-order valence-electron chi connectivity index (χ0n) is 20.7. The predicted octanol–water partition coefficient (Wildman–Crippen LogP) is 5.93. The zero-order chi connectivity index (χ0) is 26.8. The minimum absolute atomic E-state index is 0.000349. The summed E-state index contributed by atoms with van der Waals surface area (Å²) in [6, 6.07) is 18.2. The van der Waals surface area contributed by atoms with Crippen molar-refractivity contribution in [1.82, 2.24) is 4.98 Å². The van der Waals surface area contributed by atoms with Crippen molar-refractivity contribution in [3.63, 3.8) is 0 Å². The van der Waals surface area contributed by atoms with Crippen LogP contribution >= 0.6 is 11.6 Å². The summed E-state index contributed by atoms with van der Waals surface area (Å²) in [5, 5.41) is 11.4. The highest BCUT2D eigenvalue weighted by atomic mass is 35.5. The Morgan fingerprint density at radius 1 is 0.973 bits per heavy atom. The topological polar surface area (TPSA) is 104 Å². The number of methoxy groups -OCH3 is 1. The molecule has 0 saturated heterocycles. The Kier molecular flexibility index (Phi) is 7.29. The van der Waals surface area contributed by atoms with Gasteiger partial charge < -0.3 is 14.7 Å². The summed E-state index contributed by atoms with van der Waals surface area (Å²) in [4.78, 5) is 4.45. The third-order valence-electron chi connectivity index (χ3n) is 5.59. The molecule has 2 heterocycles. The number of anilines is 1. The number of nitrogens with zero attached hydrogens (tertiary/aromatic N) is 2. The molecular formula is C27H26ClN3O5S. The number of nitrogens with one attached hydrogen (secondary N) is 1. The van der Waals surface area contributed by atoms with E-state index in [0.29, 0.717) is 27.5 Å². The summed E-state index contributed by atoms with van der Waals surface area (Å²) >= 11 is 6.53. The molecule has 0 aliphatic heterocycles. The summed E-state index contributed by atoms with van der Waals surface area (Å²) in [5.41, 5.74) is 1.85. The summed E-state index contributed by atoms with van der Waals surface area (Å²) < 4.78 is 41.4. The van der Waals surface area contributed by atoms with Gasteiger partial charge in [0.15, 0.2) is 34.8 Å². The maximum Gasteiger partial charge on any atom is 0.262 e. The molecule has 10 heteroatoms. The van der Waals surface area contributed by atoms with E-state index in [4.69, 9.17) is 21.1 Å². The summed E-state index contributed by atoms with van der Waals surface area (Å²) in [7, 11) is -2.54. The number of rotatable bonds is 7. The summed E-state index contributed by atoms with van der Waals surface area (Å²) in [6.07, 6.45) is 2.62. The molecule has 0 fully saturated rings. The number of hydrogen-bond acceptors (Lipinski definition) is 6. The fraction of sp³-hybridized carbons (Fsp3) is 0.185. The van der Waals surface area contributed by atoms with Crippen LogP contribution in [-0.2, 0) is 15.4 Å². The van der Waals surface area contributed by atoms with Gasteiger partial charge in [0.2, 0.25) is 0 Å². The molecule has 4 aromatic rings. The molecule has 8 nitrogen and oxygen atoms in total. The van der Waals surface area contributed by atoms with Crippen LogP contribution in [0, 0.1) is 5.21 Å². The van der Waals surface area contributed by atoms with Crippen LogP contribution < -0.4 is 18.9 Å². The van der Waals surface area contributed by atoms with Gasteiger partial charge >= 0.3 is 0 Å². The van der Waals surface area contributed by atoms with Crippen LogP contribution in [0.2, 0.25) is 5.15 Å². The Bertz CT molecular complexity index is 1520. The highest BCUT2D eigenvalue weighted by Crippen LogP contribution is 2.41. The standard InChI is InChI=1S/C27H26ClN3O5S/c1-27(2,3)19-9-11-20(12-10-19)37(33,34)30-22-17-21(18-13-15-31(32)16-14-18)29-26(28)25(22)36-24-8-6-5-7-23(24)35-4/h5-17H,1-4H3,(H,29,30). The zero-order valence-corrected chi connectivity index (χ0v) is 22.3. The first-order valence-corrected chi connectivity index (χ1v) is 13.2. The largest absolute Gasteiger partial charge is 0.619 e. The molecule has 2 aromatic carbocycles. The van der Waals surface area contributed by atoms with Gasteiger partial charge in [-0.15, -0.1) is 0 Å². The number of ether oxygens (including phenoxy) is 2.